The highest BCUT2D eigenvalue weighted by molar-refractivity contribution is 5.73. The van der Waals surface area contributed by atoms with E-state index >= 15 is 0 Å². The second kappa shape index (κ2) is 6.77. The van der Waals surface area contributed by atoms with Crippen LogP contribution in [0.3, 0.4) is 0 Å². The minimum absolute atomic E-state index is 0.159. The number of nitrogens with zero attached hydrogens (tertiary/aromatic N) is 3. The smallest absolute Gasteiger partial charge is 0.219 e. The van der Waals surface area contributed by atoms with Crippen LogP contribution in [0.1, 0.15) is 36.8 Å². The van der Waals surface area contributed by atoms with E-state index in [4.69, 9.17) is 0 Å². The summed E-state index contributed by atoms with van der Waals surface area (Å²) in [5.41, 5.74) is 2.31. The molecule has 1 aliphatic rings. The summed E-state index contributed by atoms with van der Waals surface area (Å²) in [5, 5.41) is 3.28. The SMILES string of the molecule is CC(=O)N1CCC[C@H](c2ccnc(Nc3ncccc3C)c2)C1. The molecule has 0 bridgehead atoms. The van der Waals surface area contributed by atoms with E-state index in [1.54, 1.807) is 13.1 Å². The van der Waals surface area contributed by atoms with Crippen molar-refractivity contribution < 1.29 is 4.79 Å². The molecule has 2 aromatic heterocycles. The van der Waals surface area contributed by atoms with Gasteiger partial charge in [-0.25, -0.2) is 9.97 Å². The monoisotopic (exact) mass is 310 g/mol. The van der Waals surface area contributed by atoms with Crippen LogP contribution in [-0.2, 0) is 4.79 Å². The molecule has 1 saturated heterocycles. The fraction of sp³-hybridized carbons (Fsp3) is 0.389. The first-order valence-electron chi connectivity index (χ1n) is 8.03. The van der Waals surface area contributed by atoms with Crippen LogP contribution in [0.2, 0.25) is 0 Å². The van der Waals surface area contributed by atoms with Crippen LogP contribution in [0.15, 0.2) is 36.7 Å². The van der Waals surface area contributed by atoms with E-state index in [1.165, 1.54) is 5.56 Å². The second-order valence-corrected chi connectivity index (χ2v) is 6.07. The highest BCUT2D eigenvalue weighted by atomic mass is 16.2. The first-order valence-corrected chi connectivity index (χ1v) is 8.03. The first-order chi connectivity index (χ1) is 11.1. The van der Waals surface area contributed by atoms with Crippen LogP contribution >= 0.6 is 0 Å². The number of hydrogen-bond donors (Lipinski definition) is 1. The summed E-state index contributed by atoms with van der Waals surface area (Å²) in [7, 11) is 0. The highest BCUT2D eigenvalue weighted by Crippen LogP contribution is 2.28. The van der Waals surface area contributed by atoms with Gasteiger partial charge >= 0.3 is 0 Å². The first kappa shape index (κ1) is 15.5. The van der Waals surface area contributed by atoms with Crippen molar-refractivity contribution in [2.24, 2.45) is 0 Å². The summed E-state index contributed by atoms with van der Waals surface area (Å²) < 4.78 is 0. The molecule has 0 saturated carbocycles. The number of anilines is 2. The summed E-state index contributed by atoms with van der Waals surface area (Å²) in [4.78, 5) is 22.3. The third-order valence-corrected chi connectivity index (χ3v) is 4.38. The lowest BCUT2D eigenvalue weighted by molar-refractivity contribution is -0.130. The number of amides is 1. The average Bonchev–Trinajstić information content (AvgIpc) is 2.57. The van der Waals surface area contributed by atoms with Crippen LogP contribution in [0, 0.1) is 6.92 Å². The Morgan fingerprint density at radius 1 is 1.30 bits per heavy atom. The zero-order chi connectivity index (χ0) is 16.2. The molecular weight excluding hydrogens is 288 g/mol. The Morgan fingerprint density at radius 3 is 2.96 bits per heavy atom. The van der Waals surface area contributed by atoms with E-state index in [9.17, 15) is 4.79 Å². The van der Waals surface area contributed by atoms with E-state index in [0.717, 1.165) is 43.1 Å². The Kier molecular flexibility index (Phi) is 4.55. The van der Waals surface area contributed by atoms with Crippen molar-refractivity contribution in [2.75, 3.05) is 18.4 Å². The van der Waals surface area contributed by atoms with Crippen LogP contribution in [-0.4, -0.2) is 33.9 Å². The van der Waals surface area contributed by atoms with Crippen LogP contribution < -0.4 is 5.32 Å². The normalized spacial score (nSPS) is 17.8. The van der Waals surface area contributed by atoms with Gasteiger partial charge in [0.15, 0.2) is 0 Å². The predicted octanol–water partition coefficient (Wildman–Crippen LogP) is 3.25. The molecule has 1 amide bonds. The summed E-state index contributed by atoms with van der Waals surface area (Å²) in [6, 6.07) is 8.06. The number of aromatic nitrogens is 2. The number of pyridine rings is 2. The average molecular weight is 310 g/mol. The fourth-order valence-electron chi connectivity index (χ4n) is 3.04. The second-order valence-electron chi connectivity index (χ2n) is 6.07. The van der Waals surface area contributed by atoms with Gasteiger partial charge < -0.3 is 10.2 Å². The highest BCUT2D eigenvalue weighted by Gasteiger charge is 2.23. The quantitative estimate of drug-likeness (QED) is 0.945. The molecule has 2 aromatic rings. The number of carbonyl (C=O) groups excluding carboxylic acids is 1. The van der Waals surface area contributed by atoms with Gasteiger partial charge in [0.1, 0.15) is 11.6 Å². The minimum atomic E-state index is 0.159. The topological polar surface area (TPSA) is 58.1 Å². The van der Waals surface area contributed by atoms with E-state index in [2.05, 4.69) is 21.4 Å². The molecule has 0 unspecified atom stereocenters. The maximum atomic E-state index is 11.6. The molecule has 1 atom stereocenters. The largest absolute Gasteiger partial charge is 0.342 e. The number of piperidine rings is 1. The van der Waals surface area contributed by atoms with Crippen LogP contribution in [0.25, 0.3) is 0 Å². The Morgan fingerprint density at radius 2 is 2.17 bits per heavy atom. The maximum absolute atomic E-state index is 11.6. The lowest BCUT2D eigenvalue weighted by atomic mass is 9.91. The molecule has 120 valence electrons. The Labute approximate surface area is 136 Å². The van der Waals surface area contributed by atoms with Gasteiger partial charge in [-0.05, 0) is 49.1 Å². The Balaban J connectivity index is 1.77. The molecular formula is C18H22N4O. The molecule has 5 heteroatoms. The summed E-state index contributed by atoms with van der Waals surface area (Å²) >= 11 is 0. The van der Waals surface area contributed by atoms with Gasteiger partial charge in [-0.1, -0.05) is 6.07 Å². The predicted molar refractivity (Wildman–Crippen MR) is 90.7 cm³/mol. The molecule has 1 fully saturated rings. The van der Waals surface area contributed by atoms with Gasteiger partial charge in [0.2, 0.25) is 5.91 Å². The summed E-state index contributed by atoms with van der Waals surface area (Å²) in [5.74, 6) is 2.16. The third-order valence-electron chi connectivity index (χ3n) is 4.38. The third kappa shape index (κ3) is 3.67. The lowest BCUT2D eigenvalue weighted by Crippen LogP contribution is -2.37. The van der Waals surface area contributed by atoms with Crippen LogP contribution in [0.5, 0.6) is 0 Å². The number of carbonyl (C=O) groups is 1. The van der Waals surface area contributed by atoms with Gasteiger partial charge in [-0.15, -0.1) is 0 Å². The standard InChI is InChI=1S/C18H22N4O/c1-13-5-3-8-20-18(13)21-17-11-15(7-9-19-17)16-6-4-10-22(12-16)14(2)23/h3,5,7-9,11,16H,4,6,10,12H2,1-2H3,(H,19,20,21)/t16-/m0/s1. The van der Waals surface area contributed by atoms with E-state index < -0.39 is 0 Å². The number of nitrogens with one attached hydrogen (secondary N) is 1. The Hall–Kier alpha value is -2.43. The lowest BCUT2D eigenvalue weighted by Gasteiger charge is -2.32. The van der Waals surface area contributed by atoms with Gasteiger partial charge in [-0.2, -0.15) is 0 Å². The van der Waals surface area contributed by atoms with E-state index in [0.29, 0.717) is 5.92 Å². The number of hydrogen-bond acceptors (Lipinski definition) is 4. The molecule has 5 nitrogen and oxygen atoms in total. The van der Waals surface area contributed by atoms with Crippen molar-refractivity contribution >= 4 is 17.5 Å². The van der Waals surface area contributed by atoms with Crippen molar-refractivity contribution in [3.8, 4) is 0 Å². The van der Waals surface area contributed by atoms with Gasteiger partial charge in [0, 0.05) is 38.3 Å². The molecule has 0 aromatic carbocycles. The van der Waals surface area contributed by atoms with Crippen molar-refractivity contribution in [2.45, 2.75) is 32.6 Å². The molecule has 1 N–H and O–H groups in total. The zero-order valence-electron chi connectivity index (χ0n) is 13.6. The van der Waals surface area contributed by atoms with Crippen molar-refractivity contribution in [1.82, 2.24) is 14.9 Å². The number of likely N-dealkylation sites (tertiary alicyclic amines) is 1. The molecule has 3 heterocycles. The molecule has 0 radical (unpaired) electrons. The van der Waals surface area contributed by atoms with Gasteiger partial charge in [0.05, 0.1) is 0 Å². The van der Waals surface area contributed by atoms with Gasteiger partial charge in [0.25, 0.3) is 0 Å². The number of rotatable bonds is 3. The molecule has 1 aliphatic heterocycles. The van der Waals surface area contributed by atoms with E-state index in [1.807, 2.05) is 36.2 Å². The van der Waals surface area contributed by atoms with Crippen LogP contribution in [0.4, 0.5) is 11.6 Å². The van der Waals surface area contributed by atoms with Crippen molar-refractivity contribution in [1.29, 1.82) is 0 Å². The molecule has 23 heavy (non-hydrogen) atoms. The zero-order valence-corrected chi connectivity index (χ0v) is 13.6. The number of aryl methyl sites for hydroxylation is 1. The fourth-order valence-corrected chi connectivity index (χ4v) is 3.04. The molecule has 0 spiro atoms. The molecule has 3 rings (SSSR count). The maximum Gasteiger partial charge on any atom is 0.219 e. The van der Waals surface area contributed by atoms with E-state index in [-0.39, 0.29) is 5.91 Å². The minimum Gasteiger partial charge on any atom is -0.342 e. The summed E-state index contributed by atoms with van der Waals surface area (Å²) in [6.45, 7) is 5.33. The molecule has 0 aliphatic carbocycles. The Bertz CT molecular complexity index is 701. The van der Waals surface area contributed by atoms with Gasteiger partial charge in [-0.3, -0.25) is 4.79 Å². The van der Waals surface area contributed by atoms with Crippen molar-refractivity contribution in [3.63, 3.8) is 0 Å². The summed E-state index contributed by atoms with van der Waals surface area (Å²) in [6.07, 6.45) is 5.75. The van der Waals surface area contributed by atoms with Crippen molar-refractivity contribution in [3.05, 3.63) is 47.8 Å².